The summed E-state index contributed by atoms with van der Waals surface area (Å²) < 4.78 is 24.1. The van der Waals surface area contributed by atoms with Crippen LogP contribution in [0, 0.1) is 5.82 Å². The van der Waals surface area contributed by atoms with Gasteiger partial charge in [0.2, 0.25) is 5.89 Å². The second kappa shape index (κ2) is 5.50. The number of ether oxygens (including phenoxy) is 1. The number of benzene rings is 1. The van der Waals surface area contributed by atoms with Gasteiger partial charge in [-0.15, -0.1) is 0 Å². The summed E-state index contributed by atoms with van der Waals surface area (Å²) in [5.74, 6) is 0.979. The molecule has 2 aromatic rings. The molecule has 3 rings (SSSR count). The summed E-state index contributed by atoms with van der Waals surface area (Å²) in [6.07, 6.45) is 1.64. The normalized spacial score (nSPS) is 16.7. The first-order valence-electron chi connectivity index (χ1n) is 6.32. The zero-order valence-electron chi connectivity index (χ0n) is 10.5. The maximum atomic E-state index is 13.1. The molecule has 0 aliphatic carbocycles. The van der Waals surface area contributed by atoms with Crippen molar-refractivity contribution < 1.29 is 13.5 Å². The molecular formula is C14H15FN2O2. The molecule has 1 aliphatic rings. The Bertz CT molecular complexity index is 550. The Morgan fingerprint density at radius 3 is 2.89 bits per heavy atom. The third kappa shape index (κ3) is 3.00. The highest BCUT2D eigenvalue weighted by molar-refractivity contribution is 5.56. The lowest BCUT2D eigenvalue weighted by Gasteiger charge is -2.24. The van der Waals surface area contributed by atoms with Crippen molar-refractivity contribution in [3.05, 3.63) is 42.2 Å². The minimum Gasteiger partial charge on any atom is -0.439 e. The molecule has 0 bridgehead atoms. The van der Waals surface area contributed by atoms with Crippen molar-refractivity contribution in [1.29, 1.82) is 0 Å². The summed E-state index contributed by atoms with van der Waals surface area (Å²) in [5, 5.41) is 0. The average Bonchev–Trinajstić information content (AvgIpc) is 2.88. The Morgan fingerprint density at radius 2 is 2.11 bits per heavy atom. The maximum Gasteiger partial charge on any atom is 0.209 e. The zero-order chi connectivity index (χ0) is 13.1. The van der Waals surface area contributed by atoms with E-state index in [0.29, 0.717) is 23.8 Å². The van der Waals surface area contributed by atoms with Gasteiger partial charge in [-0.25, -0.2) is 9.37 Å². The Labute approximate surface area is 110 Å². The predicted molar refractivity (Wildman–Crippen MR) is 68.0 cm³/mol. The number of hydrogen-bond donors (Lipinski definition) is 0. The van der Waals surface area contributed by atoms with Crippen LogP contribution < -0.4 is 0 Å². The molecule has 1 aromatic heterocycles. The predicted octanol–water partition coefficient (Wildman–Crippen LogP) is 2.31. The van der Waals surface area contributed by atoms with Gasteiger partial charge in [-0.2, -0.15) is 0 Å². The highest BCUT2D eigenvalue weighted by Gasteiger charge is 2.14. The molecule has 0 N–H and O–H groups in total. The molecule has 1 aromatic carbocycles. The number of oxazole rings is 1. The number of rotatable bonds is 3. The van der Waals surface area contributed by atoms with Crippen molar-refractivity contribution in [2.75, 3.05) is 26.3 Å². The number of morpholine rings is 1. The number of nitrogens with zero attached hydrogens (tertiary/aromatic N) is 2. The molecule has 4 nitrogen and oxygen atoms in total. The molecule has 5 heteroatoms. The maximum absolute atomic E-state index is 13.1. The first kappa shape index (κ1) is 12.3. The van der Waals surface area contributed by atoms with E-state index in [4.69, 9.17) is 9.15 Å². The molecule has 1 fully saturated rings. The van der Waals surface area contributed by atoms with Gasteiger partial charge in [-0.3, -0.25) is 4.90 Å². The van der Waals surface area contributed by atoms with Gasteiger partial charge in [0.1, 0.15) is 5.82 Å². The van der Waals surface area contributed by atoms with E-state index in [0.717, 1.165) is 26.3 Å². The third-order valence-electron chi connectivity index (χ3n) is 3.13. The molecule has 0 saturated carbocycles. The van der Waals surface area contributed by atoms with Gasteiger partial charge in [0.15, 0.2) is 5.76 Å². The summed E-state index contributed by atoms with van der Waals surface area (Å²) in [6.45, 7) is 3.93. The van der Waals surface area contributed by atoms with Crippen LogP contribution in [0.25, 0.3) is 11.3 Å². The van der Waals surface area contributed by atoms with Gasteiger partial charge in [-0.1, -0.05) is 12.1 Å². The van der Waals surface area contributed by atoms with Gasteiger partial charge in [0.25, 0.3) is 0 Å². The largest absolute Gasteiger partial charge is 0.439 e. The van der Waals surface area contributed by atoms with Crippen LogP contribution in [0.3, 0.4) is 0 Å². The summed E-state index contributed by atoms with van der Waals surface area (Å²) in [7, 11) is 0. The topological polar surface area (TPSA) is 38.5 Å². The second-order valence-corrected chi connectivity index (χ2v) is 4.52. The highest BCUT2D eigenvalue weighted by atomic mass is 19.1. The van der Waals surface area contributed by atoms with Crippen LogP contribution in [0.4, 0.5) is 4.39 Å². The summed E-state index contributed by atoms with van der Waals surface area (Å²) in [6, 6.07) is 6.32. The van der Waals surface area contributed by atoms with Gasteiger partial charge in [0, 0.05) is 18.7 Å². The molecule has 19 heavy (non-hydrogen) atoms. The van der Waals surface area contributed by atoms with Crippen LogP contribution in [-0.4, -0.2) is 36.2 Å². The van der Waals surface area contributed by atoms with Crippen molar-refractivity contribution in [2.24, 2.45) is 0 Å². The SMILES string of the molecule is Fc1cccc(-c2cnc(CN3CCOCC3)o2)c1. The Hall–Kier alpha value is -1.72. The van der Waals surface area contributed by atoms with Crippen molar-refractivity contribution in [3.8, 4) is 11.3 Å². The van der Waals surface area contributed by atoms with Gasteiger partial charge in [0.05, 0.1) is 26.0 Å². The van der Waals surface area contributed by atoms with E-state index in [1.807, 2.05) is 6.07 Å². The van der Waals surface area contributed by atoms with Crippen molar-refractivity contribution >= 4 is 0 Å². The fraction of sp³-hybridized carbons (Fsp3) is 0.357. The fourth-order valence-electron chi connectivity index (χ4n) is 2.11. The third-order valence-corrected chi connectivity index (χ3v) is 3.13. The summed E-state index contributed by atoms with van der Waals surface area (Å²) in [5.41, 5.74) is 0.709. The first-order valence-corrected chi connectivity index (χ1v) is 6.32. The number of aromatic nitrogens is 1. The zero-order valence-corrected chi connectivity index (χ0v) is 10.5. The monoisotopic (exact) mass is 262 g/mol. The van der Waals surface area contributed by atoms with Crippen molar-refractivity contribution in [3.63, 3.8) is 0 Å². The lowest BCUT2D eigenvalue weighted by Crippen LogP contribution is -2.35. The van der Waals surface area contributed by atoms with Gasteiger partial charge in [-0.05, 0) is 12.1 Å². The Kier molecular flexibility index (Phi) is 3.57. The van der Waals surface area contributed by atoms with Crippen LogP contribution in [0.15, 0.2) is 34.9 Å². The summed E-state index contributed by atoms with van der Waals surface area (Å²) >= 11 is 0. The van der Waals surface area contributed by atoms with Gasteiger partial charge >= 0.3 is 0 Å². The molecule has 0 amide bonds. The summed E-state index contributed by atoms with van der Waals surface area (Å²) in [4.78, 5) is 6.47. The molecule has 0 atom stereocenters. The van der Waals surface area contributed by atoms with Crippen molar-refractivity contribution in [2.45, 2.75) is 6.54 Å². The molecule has 1 saturated heterocycles. The lowest BCUT2D eigenvalue weighted by atomic mass is 10.2. The second-order valence-electron chi connectivity index (χ2n) is 4.52. The molecule has 0 unspecified atom stereocenters. The van der Waals surface area contributed by atoms with Crippen molar-refractivity contribution in [1.82, 2.24) is 9.88 Å². The molecule has 1 aliphatic heterocycles. The van der Waals surface area contributed by atoms with E-state index in [1.54, 1.807) is 12.3 Å². The molecule has 100 valence electrons. The van der Waals surface area contributed by atoms with E-state index in [9.17, 15) is 4.39 Å². The van der Waals surface area contributed by atoms with Crippen LogP contribution in [0.5, 0.6) is 0 Å². The average molecular weight is 262 g/mol. The Balaban J connectivity index is 1.72. The van der Waals surface area contributed by atoms with E-state index in [2.05, 4.69) is 9.88 Å². The minimum absolute atomic E-state index is 0.274. The van der Waals surface area contributed by atoms with Gasteiger partial charge < -0.3 is 9.15 Å². The van der Waals surface area contributed by atoms with E-state index in [1.165, 1.54) is 12.1 Å². The molecule has 0 spiro atoms. The quantitative estimate of drug-likeness (QED) is 0.851. The molecule has 0 radical (unpaired) electrons. The minimum atomic E-state index is -0.274. The standard InChI is InChI=1S/C14H15FN2O2/c15-12-3-1-2-11(8-12)13-9-16-14(19-13)10-17-4-6-18-7-5-17/h1-3,8-9H,4-7,10H2. The highest BCUT2D eigenvalue weighted by Crippen LogP contribution is 2.21. The number of halogens is 1. The van der Waals surface area contributed by atoms with E-state index in [-0.39, 0.29) is 5.82 Å². The van der Waals surface area contributed by atoms with Crippen LogP contribution in [0.2, 0.25) is 0 Å². The molecule has 2 heterocycles. The number of hydrogen-bond acceptors (Lipinski definition) is 4. The molecular weight excluding hydrogens is 247 g/mol. The fourth-order valence-corrected chi connectivity index (χ4v) is 2.11. The van der Waals surface area contributed by atoms with E-state index < -0.39 is 0 Å². The first-order chi connectivity index (χ1) is 9.31. The Morgan fingerprint density at radius 1 is 1.26 bits per heavy atom. The van der Waals surface area contributed by atoms with Crippen LogP contribution in [0.1, 0.15) is 5.89 Å². The van der Waals surface area contributed by atoms with Crippen LogP contribution >= 0.6 is 0 Å². The van der Waals surface area contributed by atoms with Crippen LogP contribution in [-0.2, 0) is 11.3 Å². The smallest absolute Gasteiger partial charge is 0.209 e. The lowest BCUT2D eigenvalue weighted by molar-refractivity contribution is 0.0306. The van der Waals surface area contributed by atoms with E-state index >= 15 is 0 Å².